The van der Waals surface area contributed by atoms with E-state index in [4.69, 9.17) is 11.2 Å². The molecule has 156 valence electrons. The number of phenolic OH excluding ortho intramolecular Hbond substituents is 3. The molecule has 0 fully saturated rings. The zero-order chi connectivity index (χ0) is 22.2. The molecule has 0 aromatic heterocycles. The third-order valence-electron chi connectivity index (χ3n) is 5.42. The summed E-state index contributed by atoms with van der Waals surface area (Å²) in [5, 5.41) is 29.4. The molecule has 0 spiro atoms. The average molecular weight is 415 g/mol. The van der Waals surface area contributed by atoms with Crippen LogP contribution >= 0.6 is 0 Å². The Labute approximate surface area is 180 Å². The van der Waals surface area contributed by atoms with Crippen molar-refractivity contribution >= 4 is 5.91 Å². The van der Waals surface area contributed by atoms with Gasteiger partial charge in [-0.15, -0.1) is 6.42 Å². The van der Waals surface area contributed by atoms with Crippen LogP contribution in [0.1, 0.15) is 32.6 Å². The Hall–Kier alpha value is -3.95. The van der Waals surface area contributed by atoms with Gasteiger partial charge >= 0.3 is 0 Å². The van der Waals surface area contributed by atoms with Gasteiger partial charge in [-0.25, -0.2) is 0 Å². The van der Waals surface area contributed by atoms with Crippen molar-refractivity contribution in [3.8, 4) is 29.6 Å². The van der Waals surface area contributed by atoms with Crippen LogP contribution in [0.3, 0.4) is 0 Å². The fourth-order valence-electron chi connectivity index (χ4n) is 3.94. The van der Waals surface area contributed by atoms with E-state index in [9.17, 15) is 20.1 Å². The quantitative estimate of drug-likeness (QED) is 0.437. The van der Waals surface area contributed by atoms with Crippen LogP contribution in [0.4, 0.5) is 0 Å². The van der Waals surface area contributed by atoms with Crippen molar-refractivity contribution in [2.24, 2.45) is 0 Å². The molecule has 0 radical (unpaired) electrons. The number of amides is 1. The largest absolute Gasteiger partial charge is 0.504 e. The molecule has 6 nitrogen and oxygen atoms in total. The van der Waals surface area contributed by atoms with Gasteiger partial charge in [0.25, 0.3) is 5.91 Å². The van der Waals surface area contributed by atoms with Gasteiger partial charge in [-0.05, 0) is 30.7 Å². The number of fused-ring (bicyclic) bond motifs is 1. The minimum Gasteiger partial charge on any atom is -0.504 e. The molecular formula is C25H21NO5. The van der Waals surface area contributed by atoms with Gasteiger partial charge in [0.1, 0.15) is 0 Å². The Balaban J connectivity index is 1.87. The van der Waals surface area contributed by atoms with Crippen molar-refractivity contribution in [2.75, 3.05) is 6.54 Å². The Morgan fingerprint density at radius 2 is 1.68 bits per heavy atom. The number of phenols is 3. The number of aromatic hydroxyl groups is 3. The number of hydrogen-bond acceptors (Lipinski definition) is 5. The Morgan fingerprint density at radius 3 is 2.32 bits per heavy atom. The van der Waals surface area contributed by atoms with Crippen LogP contribution in [0.15, 0.2) is 60.7 Å². The average Bonchev–Trinajstić information content (AvgIpc) is 3.00. The number of nitrogens with zero attached hydrogens (tertiary/aromatic N) is 1. The monoisotopic (exact) mass is 415 g/mol. The molecule has 0 bridgehead atoms. The molecule has 0 aliphatic carbocycles. The number of carbonyl (C=O) groups excluding carboxylic acids is 1. The first-order valence-corrected chi connectivity index (χ1v) is 9.68. The third-order valence-corrected chi connectivity index (χ3v) is 5.42. The second kappa shape index (κ2) is 7.71. The van der Waals surface area contributed by atoms with Gasteiger partial charge in [0.2, 0.25) is 0 Å². The third kappa shape index (κ3) is 3.25. The van der Waals surface area contributed by atoms with E-state index in [2.05, 4.69) is 5.92 Å². The molecule has 1 aliphatic heterocycles. The Bertz CT molecular complexity index is 1170. The molecule has 1 heterocycles. The number of benzene rings is 3. The van der Waals surface area contributed by atoms with E-state index in [-0.39, 0.29) is 19.1 Å². The first kappa shape index (κ1) is 20.3. The van der Waals surface area contributed by atoms with Crippen molar-refractivity contribution in [1.29, 1.82) is 0 Å². The summed E-state index contributed by atoms with van der Waals surface area (Å²) < 4.78 is 6.42. The van der Waals surface area contributed by atoms with E-state index in [1.165, 1.54) is 17.0 Å². The number of aryl methyl sites for hydroxylation is 1. The summed E-state index contributed by atoms with van der Waals surface area (Å²) in [6, 6.07) is 17.4. The highest BCUT2D eigenvalue weighted by Gasteiger charge is 2.51. The van der Waals surface area contributed by atoms with Crippen molar-refractivity contribution in [3.05, 3.63) is 88.5 Å². The molecule has 1 aliphatic rings. The van der Waals surface area contributed by atoms with Gasteiger partial charge in [0, 0.05) is 16.7 Å². The van der Waals surface area contributed by atoms with E-state index >= 15 is 0 Å². The highest BCUT2D eigenvalue weighted by molar-refractivity contribution is 6.00. The van der Waals surface area contributed by atoms with E-state index < -0.39 is 23.0 Å². The molecule has 1 atom stereocenters. The Kier molecular flexibility index (Phi) is 5.05. The summed E-state index contributed by atoms with van der Waals surface area (Å²) in [6.45, 7) is 1.91. The minimum atomic E-state index is -1.29. The van der Waals surface area contributed by atoms with Crippen LogP contribution in [0.25, 0.3) is 0 Å². The second-order valence-electron chi connectivity index (χ2n) is 7.42. The molecule has 3 aromatic rings. The molecule has 3 N–H and O–H groups in total. The fraction of sp³-hybridized carbons (Fsp3) is 0.160. The Morgan fingerprint density at radius 1 is 1.03 bits per heavy atom. The van der Waals surface area contributed by atoms with E-state index in [1.807, 2.05) is 43.3 Å². The predicted octanol–water partition coefficient (Wildman–Crippen LogP) is 3.62. The molecule has 31 heavy (non-hydrogen) atoms. The summed E-state index contributed by atoms with van der Waals surface area (Å²) in [5.41, 5.74) is 2.04. The maximum absolute atomic E-state index is 13.2. The maximum Gasteiger partial charge on any atom is 0.257 e. The van der Waals surface area contributed by atoms with Crippen molar-refractivity contribution in [2.45, 2.75) is 19.3 Å². The smallest absolute Gasteiger partial charge is 0.257 e. The predicted molar refractivity (Wildman–Crippen MR) is 114 cm³/mol. The van der Waals surface area contributed by atoms with E-state index in [1.54, 1.807) is 12.1 Å². The topological polar surface area (TPSA) is 90.2 Å². The lowest BCUT2D eigenvalue weighted by Gasteiger charge is -2.38. The lowest BCUT2D eigenvalue weighted by Crippen LogP contribution is -2.47. The molecule has 0 saturated carbocycles. The molecule has 6 heteroatoms. The summed E-state index contributed by atoms with van der Waals surface area (Å²) in [7, 11) is 0. The van der Waals surface area contributed by atoms with Gasteiger partial charge < -0.3 is 20.1 Å². The van der Waals surface area contributed by atoms with E-state index in [0.717, 1.165) is 11.1 Å². The van der Waals surface area contributed by atoms with Gasteiger partial charge in [-0.3, -0.25) is 9.69 Å². The summed E-state index contributed by atoms with van der Waals surface area (Å²) in [6.07, 6.45) is 5.60. The number of hydrogen-bond donors (Lipinski definition) is 3. The van der Waals surface area contributed by atoms with Crippen LogP contribution in [-0.4, -0.2) is 32.7 Å². The molecule has 1 amide bonds. The lowest BCUT2D eigenvalue weighted by molar-refractivity contribution is -0.112. The maximum atomic E-state index is 13.2. The summed E-state index contributed by atoms with van der Waals surface area (Å²) in [4.78, 5) is 14.7. The second-order valence-corrected chi connectivity index (χ2v) is 7.42. The van der Waals surface area contributed by atoms with Crippen LogP contribution < -0.4 is 0 Å². The number of ether oxygens (including phenoxy) is 1. The molecule has 4 rings (SSSR count). The standard InChI is InChI=1S/C25H21NO5/c1-3-12-26-24(30)19-6-4-5-7-20(19)25(26,18-10-8-16(2)9-11-18)31-15-17-13-21(27)23(29)22(28)14-17/h1,4-11,13-14,27-29H,12,15H2,2H3. The highest BCUT2D eigenvalue weighted by atomic mass is 16.5. The van der Waals surface area contributed by atoms with Crippen molar-refractivity contribution < 1.29 is 24.9 Å². The number of terminal acetylenes is 1. The lowest BCUT2D eigenvalue weighted by atomic mass is 9.92. The van der Waals surface area contributed by atoms with Crippen molar-refractivity contribution in [1.82, 2.24) is 4.90 Å². The minimum absolute atomic E-state index is 0.0213. The molecular weight excluding hydrogens is 394 g/mol. The first-order valence-electron chi connectivity index (χ1n) is 9.68. The first-order chi connectivity index (χ1) is 14.9. The van der Waals surface area contributed by atoms with Crippen molar-refractivity contribution in [3.63, 3.8) is 0 Å². The van der Waals surface area contributed by atoms with Crippen LogP contribution in [0, 0.1) is 19.3 Å². The van der Waals surface area contributed by atoms with Crippen LogP contribution in [0.5, 0.6) is 17.2 Å². The molecule has 3 aromatic carbocycles. The number of carbonyl (C=O) groups is 1. The summed E-state index contributed by atoms with van der Waals surface area (Å²) in [5.74, 6) is 0.765. The van der Waals surface area contributed by atoms with Gasteiger partial charge in [0.05, 0.1) is 13.2 Å². The van der Waals surface area contributed by atoms with Gasteiger partial charge in [-0.2, -0.15) is 0 Å². The van der Waals surface area contributed by atoms with Gasteiger partial charge in [0.15, 0.2) is 23.0 Å². The van der Waals surface area contributed by atoms with Crippen LogP contribution in [0.2, 0.25) is 0 Å². The number of rotatable bonds is 5. The molecule has 0 saturated heterocycles. The fourth-order valence-corrected chi connectivity index (χ4v) is 3.94. The SMILES string of the molecule is C#CCN1C(=O)c2ccccc2C1(OCc1cc(O)c(O)c(O)c1)c1ccc(C)cc1. The zero-order valence-corrected chi connectivity index (χ0v) is 16.9. The van der Waals surface area contributed by atoms with E-state index in [0.29, 0.717) is 16.7 Å². The van der Waals surface area contributed by atoms with Gasteiger partial charge in [-0.1, -0.05) is 53.9 Å². The molecule has 1 unspecified atom stereocenters. The summed E-state index contributed by atoms with van der Waals surface area (Å²) >= 11 is 0. The normalized spacial score (nSPS) is 17.4. The zero-order valence-electron chi connectivity index (χ0n) is 16.9. The van der Waals surface area contributed by atoms with Crippen LogP contribution in [-0.2, 0) is 17.1 Å². The highest BCUT2D eigenvalue weighted by Crippen LogP contribution is 2.46.